The lowest BCUT2D eigenvalue weighted by Gasteiger charge is -2.15. The van der Waals surface area contributed by atoms with Crippen molar-refractivity contribution < 1.29 is 5.11 Å². The summed E-state index contributed by atoms with van der Waals surface area (Å²) in [5, 5.41) is 24.8. The van der Waals surface area contributed by atoms with Gasteiger partial charge in [-0.3, -0.25) is 15.1 Å². The minimum absolute atomic E-state index is 0.250. The molecule has 0 saturated carbocycles. The van der Waals surface area contributed by atoms with E-state index in [1.165, 1.54) is 5.56 Å². The Bertz CT molecular complexity index is 598. The van der Waals surface area contributed by atoms with Gasteiger partial charge in [-0.1, -0.05) is 0 Å². The summed E-state index contributed by atoms with van der Waals surface area (Å²) in [5.74, 6) is 0.250. The van der Waals surface area contributed by atoms with E-state index in [0.717, 1.165) is 48.8 Å². The quantitative estimate of drug-likeness (QED) is 0.787. The SMILES string of the molecule is Cc1cc(C[C@@H]2CN(Cc3c(C)n[nH]c3C)C[C@@H]2O)n[nH]1. The number of aryl methyl sites for hydroxylation is 3. The first-order valence-electron chi connectivity index (χ1n) is 7.44. The number of H-pyrrole nitrogens is 2. The normalized spacial score (nSPS) is 23.0. The molecular weight excluding hydrogens is 266 g/mol. The van der Waals surface area contributed by atoms with Crippen LogP contribution in [0.3, 0.4) is 0 Å². The number of aromatic nitrogens is 4. The molecule has 6 nitrogen and oxygen atoms in total. The number of nitrogens with one attached hydrogen (secondary N) is 2. The molecular formula is C15H23N5O. The van der Waals surface area contributed by atoms with Crippen LogP contribution in [0.1, 0.15) is 28.3 Å². The Hall–Kier alpha value is -1.66. The van der Waals surface area contributed by atoms with Crippen molar-refractivity contribution in [1.82, 2.24) is 25.3 Å². The fraction of sp³-hybridized carbons (Fsp3) is 0.600. The summed E-state index contributed by atoms with van der Waals surface area (Å²) in [6, 6.07) is 2.06. The summed E-state index contributed by atoms with van der Waals surface area (Å²) < 4.78 is 0. The fourth-order valence-corrected chi connectivity index (χ4v) is 3.15. The van der Waals surface area contributed by atoms with E-state index in [4.69, 9.17) is 0 Å². The predicted octanol–water partition coefficient (Wildman–Crippen LogP) is 1.09. The molecule has 0 unspecified atom stereocenters. The average molecular weight is 289 g/mol. The molecule has 0 spiro atoms. The van der Waals surface area contributed by atoms with Gasteiger partial charge in [-0.15, -0.1) is 0 Å². The third-order valence-corrected chi connectivity index (χ3v) is 4.37. The topological polar surface area (TPSA) is 80.8 Å². The molecule has 3 heterocycles. The second-order valence-electron chi connectivity index (χ2n) is 6.18. The van der Waals surface area contributed by atoms with E-state index in [1.54, 1.807) is 0 Å². The molecule has 3 N–H and O–H groups in total. The van der Waals surface area contributed by atoms with Gasteiger partial charge in [0.25, 0.3) is 0 Å². The van der Waals surface area contributed by atoms with Crippen molar-refractivity contribution in [2.24, 2.45) is 5.92 Å². The van der Waals surface area contributed by atoms with Gasteiger partial charge in [0.1, 0.15) is 0 Å². The maximum Gasteiger partial charge on any atom is 0.0711 e. The molecule has 1 fully saturated rings. The zero-order valence-corrected chi connectivity index (χ0v) is 12.8. The zero-order chi connectivity index (χ0) is 15.0. The summed E-state index contributed by atoms with van der Waals surface area (Å²) in [7, 11) is 0. The summed E-state index contributed by atoms with van der Waals surface area (Å²) in [4.78, 5) is 2.31. The van der Waals surface area contributed by atoms with Crippen LogP contribution in [0.2, 0.25) is 0 Å². The van der Waals surface area contributed by atoms with Crippen molar-refractivity contribution in [2.45, 2.75) is 39.8 Å². The molecule has 2 aromatic rings. The van der Waals surface area contributed by atoms with Crippen LogP contribution < -0.4 is 0 Å². The van der Waals surface area contributed by atoms with Crippen LogP contribution in [-0.2, 0) is 13.0 Å². The van der Waals surface area contributed by atoms with Crippen LogP contribution in [0.25, 0.3) is 0 Å². The summed E-state index contributed by atoms with van der Waals surface area (Å²) >= 11 is 0. The smallest absolute Gasteiger partial charge is 0.0711 e. The lowest BCUT2D eigenvalue weighted by atomic mass is 10.0. The van der Waals surface area contributed by atoms with Gasteiger partial charge in [0.05, 0.1) is 17.5 Å². The third-order valence-electron chi connectivity index (χ3n) is 4.37. The summed E-state index contributed by atoms with van der Waals surface area (Å²) in [6.07, 6.45) is 0.542. The highest BCUT2D eigenvalue weighted by Gasteiger charge is 2.32. The molecule has 1 saturated heterocycles. The Kier molecular flexibility index (Phi) is 3.82. The monoisotopic (exact) mass is 289 g/mol. The molecule has 114 valence electrons. The van der Waals surface area contributed by atoms with Gasteiger partial charge in [0.2, 0.25) is 0 Å². The highest BCUT2D eigenvalue weighted by atomic mass is 16.3. The van der Waals surface area contributed by atoms with Crippen molar-refractivity contribution in [2.75, 3.05) is 13.1 Å². The molecule has 0 radical (unpaired) electrons. The van der Waals surface area contributed by atoms with Gasteiger partial charge in [0, 0.05) is 42.5 Å². The Morgan fingerprint density at radius 2 is 2.05 bits per heavy atom. The van der Waals surface area contributed by atoms with E-state index < -0.39 is 0 Å². The second-order valence-corrected chi connectivity index (χ2v) is 6.18. The first-order chi connectivity index (χ1) is 10.0. The summed E-state index contributed by atoms with van der Waals surface area (Å²) in [6.45, 7) is 8.54. The van der Waals surface area contributed by atoms with Crippen molar-refractivity contribution in [3.63, 3.8) is 0 Å². The van der Waals surface area contributed by atoms with Gasteiger partial charge >= 0.3 is 0 Å². The number of hydrogen-bond donors (Lipinski definition) is 3. The first kappa shape index (κ1) is 14.3. The van der Waals surface area contributed by atoms with E-state index in [0.29, 0.717) is 0 Å². The van der Waals surface area contributed by atoms with E-state index in [-0.39, 0.29) is 12.0 Å². The maximum absolute atomic E-state index is 10.3. The molecule has 2 aromatic heterocycles. The van der Waals surface area contributed by atoms with Gasteiger partial charge < -0.3 is 5.11 Å². The van der Waals surface area contributed by atoms with Crippen LogP contribution >= 0.6 is 0 Å². The Morgan fingerprint density at radius 1 is 1.24 bits per heavy atom. The minimum Gasteiger partial charge on any atom is -0.391 e. The first-order valence-corrected chi connectivity index (χ1v) is 7.44. The Balaban J connectivity index is 1.63. The van der Waals surface area contributed by atoms with Crippen molar-refractivity contribution in [3.8, 4) is 0 Å². The third kappa shape index (κ3) is 3.01. The Labute approximate surface area is 124 Å². The van der Waals surface area contributed by atoms with Crippen molar-refractivity contribution in [3.05, 3.63) is 34.4 Å². The van der Waals surface area contributed by atoms with E-state index >= 15 is 0 Å². The second kappa shape index (κ2) is 5.61. The van der Waals surface area contributed by atoms with Crippen molar-refractivity contribution in [1.29, 1.82) is 0 Å². The van der Waals surface area contributed by atoms with E-state index in [9.17, 15) is 5.11 Å². The van der Waals surface area contributed by atoms with Crippen molar-refractivity contribution >= 4 is 0 Å². The molecule has 2 atom stereocenters. The van der Waals surface area contributed by atoms with E-state index in [1.807, 2.05) is 20.8 Å². The molecule has 21 heavy (non-hydrogen) atoms. The number of aliphatic hydroxyl groups is 1. The number of aromatic amines is 2. The number of β-amino-alcohol motifs (C(OH)–C–C–N with tert-alkyl or cyclic N) is 1. The number of rotatable bonds is 4. The number of hydrogen-bond acceptors (Lipinski definition) is 4. The van der Waals surface area contributed by atoms with Crippen LogP contribution in [0, 0.1) is 26.7 Å². The molecule has 0 bridgehead atoms. The van der Waals surface area contributed by atoms with Crippen LogP contribution in [0.15, 0.2) is 6.07 Å². The molecule has 0 aromatic carbocycles. The standard InChI is InChI=1S/C15H23N5O/c1-9-4-13(19-16-9)5-12-6-20(8-15(12)21)7-14-10(2)17-18-11(14)3/h4,12,15,21H,5-8H2,1-3H3,(H,16,19)(H,17,18)/t12-,15+/m1/s1. The maximum atomic E-state index is 10.3. The molecule has 1 aliphatic rings. The van der Waals surface area contributed by atoms with Crippen LogP contribution in [0.5, 0.6) is 0 Å². The van der Waals surface area contributed by atoms with Crippen LogP contribution in [0.4, 0.5) is 0 Å². The number of likely N-dealkylation sites (tertiary alicyclic amines) is 1. The fourth-order valence-electron chi connectivity index (χ4n) is 3.15. The zero-order valence-electron chi connectivity index (χ0n) is 12.8. The minimum atomic E-state index is -0.283. The van der Waals surface area contributed by atoms with Gasteiger partial charge in [0.15, 0.2) is 0 Å². The van der Waals surface area contributed by atoms with Gasteiger partial charge in [-0.2, -0.15) is 10.2 Å². The lowest BCUT2D eigenvalue weighted by Crippen LogP contribution is -2.22. The molecule has 3 rings (SSSR count). The highest BCUT2D eigenvalue weighted by Crippen LogP contribution is 2.24. The average Bonchev–Trinajstić information content (AvgIpc) is 3.08. The van der Waals surface area contributed by atoms with E-state index in [2.05, 4.69) is 31.4 Å². The van der Waals surface area contributed by atoms with Gasteiger partial charge in [-0.25, -0.2) is 0 Å². The largest absolute Gasteiger partial charge is 0.391 e. The van der Waals surface area contributed by atoms with Crippen LogP contribution in [-0.4, -0.2) is 49.6 Å². The molecule has 6 heteroatoms. The number of nitrogens with zero attached hydrogens (tertiary/aromatic N) is 3. The highest BCUT2D eigenvalue weighted by molar-refractivity contribution is 5.23. The molecule has 0 aliphatic carbocycles. The Morgan fingerprint density at radius 3 is 2.67 bits per heavy atom. The molecule has 1 aliphatic heterocycles. The van der Waals surface area contributed by atoms with Gasteiger partial charge in [-0.05, 0) is 33.3 Å². The lowest BCUT2D eigenvalue weighted by molar-refractivity contribution is 0.140. The molecule has 0 amide bonds. The predicted molar refractivity (Wildman–Crippen MR) is 79.9 cm³/mol. The summed E-state index contributed by atoms with van der Waals surface area (Å²) in [5.41, 5.74) is 5.52. The number of aliphatic hydroxyl groups excluding tert-OH is 1.